The number of esters is 2. The van der Waals surface area contributed by atoms with Crippen LogP contribution in [0, 0.1) is 5.92 Å². The van der Waals surface area contributed by atoms with Gasteiger partial charge in [0.1, 0.15) is 0 Å². The molecule has 4 heteroatoms. The molecule has 0 fully saturated rings. The SMILES string of the molecule is CCCCCCCCCC(=O)OCCCCCCCCCC(CCCCCCCC)C(=O)OC. The fourth-order valence-electron chi connectivity index (χ4n) is 4.58. The number of hydrogen-bond donors (Lipinski definition) is 0. The van der Waals surface area contributed by atoms with Gasteiger partial charge in [-0.1, -0.05) is 129 Å². The van der Waals surface area contributed by atoms with Gasteiger partial charge in [0.25, 0.3) is 0 Å². The van der Waals surface area contributed by atoms with Crippen molar-refractivity contribution in [1.82, 2.24) is 0 Å². The number of methoxy groups -OCH3 is 1. The molecule has 0 bridgehead atoms. The summed E-state index contributed by atoms with van der Waals surface area (Å²) >= 11 is 0. The third-order valence-electron chi connectivity index (χ3n) is 6.89. The summed E-state index contributed by atoms with van der Waals surface area (Å²) in [5.74, 6) is 0.0525. The predicted octanol–water partition coefficient (Wildman–Crippen LogP) is 9.33. The second-order valence-electron chi connectivity index (χ2n) is 10.1. The van der Waals surface area contributed by atoms with Gasteiger partial charge in [0.2, 0.25) is 0 Å². The van der Waals surface area contributed by atoms with Crippen LogP contribution in [0.2, 0.25) is 0 Å². The highest BCUT2D eigenvalue weighted by Crippen LogP contribution is 2.20. The molecule has 1 atom stereocenters. The van der Waals surface area contributed by atoms with E-state index >= 15 is 0 Å². The highest BCUT2D eigenvalue weighted by molar-refractivity contribution is 5.72. The van der Waals surface area contributed by atoms with Crippen molar-refractivity contribution >= 4 is 11.9 Å². The number of ether oxygens (including phenoxy) is 2. The lowest BCUT2D eigenvalue weighted by molar-refractivity contribution is -0.146. The van der Waals surface area contributed by atoms with E-state index in [1.807, 2.05) is 0 Å². The highest BCUT2D eigenvalue weighted by atomic mass is 16.5. The number of carbonyl (C=O) groups is 2. The maximum Gasteiger partial charge on any atom is 0.308 e. The summed E-state index contributed by atoms with van der Waals surface area (Å²) in [6, 6.07) is 0. The Morgan fingerprint density at radius 2 is 0.971 bits per heavy atom. The minimum atomic E-state index is -0.0188. The molecule has 0 aromatic rings. The van der Waals surface area contributed by atoms with Crippen LogP contribution in [0.1, 0.15) is 162 Å². The first-order valence-corrected chi connectivity index (χ1v) is 14.9. The first-order chi connectivity index (χ1) is 16.7. The average Bonchev–Trinajstić information content (AvgIpc) is 2.84. The first-order valence-electron chi connectivity index (χ1n) is 14.9. The van der Waals surface area contributed by atoms with Crippen molar-refractivity contribution in [1.29, 1.82) is 0 Å². The lowest BCUT2D eigenvalue weighted by Crippen LogP contribution is -2.16. The maximum atomic E-state index is 12.1. The van der Waals surface area contributed by atoms with E-state index in [4.69, 9.17) is 9.47 Å². The van der Waals surface area contributed by atoms with Crippen molar-refractivity contribution in [3.63, 3.8) is 0 Å². The number of rotatable bonds is 26. The van der Waals surface area contributed by atoms with Gasteiger partial charge in [-0.15, -0.1) is 0 Å². The molecule has 0 aromatic carbocycles. The van der Waals surface area contributed by atoms with Gasteiger partial charge in [0, 0.05) is 6.42 Å². The Kier molecular flexibility index (Phi) is 25.7. The Hall–Kier alpha value is -1.06. The van der Waals surface area contributed by atoms with Gasteiger partial charge in [-0.05, 0) is 25.7 Å². The summed E-state index contributed by atoms with van der Waals surface area (Å²) in [5, 5.41) is 0. The minimum Gasteiger partial charge on any atom is -0.469 e. The Morgan fingerprint density at radius 1 is 0.559 bits per heavy atom. The van der Waals surface area contributed by atoms with Gasteiger partial charge >= 0.3 is 11.9 Å². The normalized spacial score (nSPS) is 12.0. The zero-order valence-corrected chi connectivity index (χ0v) is 23.2. The lowest BCUT2D eigenvalue weighted by atomic mass is 9.94. The number of hydrogen-bond acceptors (Lipinski definition) is 4. The molecule has 0 amide bonds. The van der Waals surface area contributed by atoms with E-state index in [2.05, 4.69) is 13.8 Å². The Balaban J connectivity index is 3.53. The molecular formula is C30H58O4. The third-order valence-corrected chi connectivity index (χ3v) is 6.89. The average molecular weight is 483 g/mol. The van der Waals surface area contributed by atoms with Gasteiger partial charge < -0.3 is 9.47 Å². The molecule has 0 N–H and O–H groups in total. The molecule has 0 aliphatic rings. The molecule has 0 aliphatic heterocycles. The van der Waals surface area contributed by atoms with Crippen LogP contribution in [0.3, 0.4) is 0 Å². The van der Waals surface area contributed by atoms with Crippen LogP contribution in [-0.4, -0.2) is 25.7 Å². The van der Waals surface area contributed by atoms with E-state index in [0.29, 0.717) is 13.0 Å². The fraction of sp³-hybridized carbons (Fsp3) is 0.933. The highest BCUT2D eigenvalue weighted by Gasteiger charge is 2.18. The Morgan fingerprint density at radius 3 is 1.44 bits per heavy atom. The zero-order chi connectivity index (χ0) is 25.1. The van der Waals surface area contributed by atoms with Crippen molar-refractivity contribution in [2.75, 3.05) is 13.7 Å². The van der Waals surface area contributed by atoms with Crippen LogP contribution >= 0.6 is 0 Å². The van der Waals surface area contributed by atoms with E-state index < -0.39 is 0 Å². The fourth-order valence-corrected chi connectivity index (χ4v) is 4.58. The minimum absolute atomic E-state index is 0.0184. The molecular weight excluding hydrogens is 424 g/mol. The van der Waals surface area contributed by atoms with Crippen LogP contribution in [0.15, 0.2) is 0 Å². The molecule has 0 rings (SSSR count). The van der Waals surface area contributed by atoms with Crippen LogP contribution in [0.25, 0.3) is 0 Å². The van der Waals surface area contributed by atoms with Crippen LogP contribution in [-0.2, 0) is 19.1 Å². The van der Waals surface area contributed by atoms with E-state index in [-0.39, 0.29) is 17.9 Å². The Labute approximate surface area is 212 Å². The largest absolute Gasteiger partial charge is 0.469 e. The number of unbranched alkanes of at least 4 members (excludes halogenated alkanes) is 17. The topological polar surface area (TPSA) is 52.6 Å². The first kappa shape index (κ1) is 32.9. The van der Waals surface area contributed by atoms with E-state index in [0.717, 1.165) is 51.4 Å². The smallest absolute Gasteiger partial charge is 0.308 e. The summed E-state index contributed by atoms with van der Waals surface area (Å²) in [5.41, 5.74) is 0. The molecule has 0 aromatic heterocycles. The summed E-state index contributed by atoms with van der Waals surface area (Å²) in [6.45, 7) is 5.05. The van der Waals surface area contributed by atoms with Crippen LogP contribution < -0.4 is 0 Å². The molecule has 0 radical (unpaired) electrons. The molecule has 1 unspecified atom stereocenters. The van der Waals surface area contributed by atoms with Gasteiger partial charge in [-0.2, -0.15) is 0 Å². The van der Waals surface area contributed by atoms with Crippen molar-refractivity contribution in [2.24, 2.45) is 5.92 Å². The summed E-state index contributed by atoms with van der Waals surface area (Å²) in [6.07, 6.45) is 26.8. The van der Waals surface area contributed by atoms with Crippen LogP contribution in [0.4, 0.5) is 0 Å². The monoisotopic (exact) mass is 482 g/mol. The molecule has 0 heterocycles. The van der Waals surface area contributed by atoms with Crippen molar-refractivity contribution in [3.05, 3.63) is 0 Å². The standard InChI is InChI=1S/C30H58O4/c1-4-6-8-10-13-18-22-26-29(31)34-27-23-19-15-12-14-17-21-25-28(30(32)33-3)24-20-16-11-9-7-5-2/h28H,4-27H2,1-3H3. The molecule has 202 valence electrons. The predicted molar refractivity (Wildman–Crippen MR) is 144 cm³/mol. The Bertz CT molecular complexity index is 449. The summed E-state index contributed by atoms with van der Waals surface area (Å²) < 4.78 is 10.4. The second kappa shape index (κ2) is 26.5. The molecule has 0 spiro atoms. The van der Waals surface area contributed by atoms with Crippen molar-refractivity contribution < 1.29 is 19.1 Å². The van der Waals surface area contributed by atoms with Gasteiger partial charge in [0.05, 0.1) is 19.6 Å². The van der Waals surface area contributed by atoms with E-state index in [1.54, 1.807) is 0 Å². The van der Waals surface area contributed by atoms with E-state index in [1.165, 1.54) is 97.0 Å². The molecule has 0 saturated heterocycles. The van der Waals surface area contributed by atoms with Crippen molar-refractivity contribution in [2.45, 2.75) is 162 Å². The molecule has 34 heavy (non-hydrogen) atoms. The second-order valence-corrected chi connectivity index (χ2v) is 10.1. The van der Waals surface area contributed by atoms with Gasteiger partial charge in [0.15, 0.2) is 0 Å². The van der Waals surface area contributed by atoms with Crippen LogP contribution in [0.5, 0.6) is 0 Å². The van der Waals surface area contributed by atoms with Gasteiger partial charge in [-0.3, -0.25) is 9.59 Å². The third kappa shape index (κ3) is 22.7. The van der Waals surface area contributed by atoms with E-state index in [9.17, 15) is 9.59 Å². The molecule has 4 nitrogen and oxygen atoms in total. The maximum absolute atomic E-state index is 12.1. The molecule has 0 aliphatic carbocycles. The zero-order valence-electron chi connectivity index (χ0n) is 23.2. The van der Waals surface area contributed by atoms with Gasteiger partial charge in [-0.25, -0.2) is 0 Å². The molecule has 0 saturated carbocycles. The lowest BCUT2D eigenvalue weighted by Gasteiger charge is -2.14. The summed E-state index contributed by atoms with van der Waals surface area (Å²) in [4.78, 5) is 23.8. The summed E-state index contributed by atoms with van der Waals surface area (Å²) in [7, 11) is 1.52. The quantitative estimate of drug-likeness (QED) is 0.0910. The number of carbonyl (C=O) groups excluding carboxylic acids is 2. The van der Waals surface area contributed by atoms with Crippen molar-refractivity contribution in [3.8, 4) is 0 Å².